The molecule has 0 saturated heterocycles. The minimum Gasteiger partial charge on any atom is -0.497 e. The Morgan fingerprint density at radius 2 is 1.58 bits per heavy atom. The number of rotatable bonds is 9. The molecule has 1 heterocycles. The van der Waals surface area contributed by atoms with Crippen molar-refractivity contribution in [3.8, 4) is 28.3 Å². The standard InChI is InChI=1S/C37H35F4N3O4/c1-22(23-6-8-24(9-7-23)35(46)42-17-16-34(45)48-36(2,3)4)44-33(27-11-10-26-19-29(47-5)14-12-25(26)18-27)21-32(43-44)30-20-28(37(39,40)41)13-15-31(30)38/h6-15,18-22H,16-17H2,1-5H3,(H,42,46)/t22-/m0/s1. The van der Waals surface area contributed by atoms with Crippen LogP contribution < -0.4 is 10.1 Å². The third-order valence-corrected chi connectivity index (χ3v) is 7.71. The van der Waals surface area contributed by atoms with Gasteiger partial charge in [0.2, 0.25) is 0 Å². The zero-order valence-electron chi connectivity index (χ0n) is 27.1. The lowest BCUT2D eigenvalue weighted by Crippen LogP contribution is -2.29. The normalized spacial score (nSPS) is 12.5. The molecule has 5 aromatic rings. The molecular formula is C37H35F4N3O4. The molecule has 1 amide bonds. The first kappa shape index (κ1) is 34.2. The SMILES string of the molecule is COc1ccc2cc(-c3cc(-c4cc(C(F)(F)F)ccc4F)nn3[C@@H](C)c3ccc(C(=O)NCCC(=O)OC(C)(C)C)cc3)ccc2c1. The van der Waals surface area contributed by atoms with Gasteiger partial charge in [0.15, 0.2) is 0 Å². The van der Waals surface area contributed by atoms with Crippen molar-refractivity contribution in [2.45, 2.75) is 51.9 Å². The van der Waals surface area contributed by atoms with E-state index in [1.165, 1.54) is 0 Å². The van der Waals surface area contributed by atoms with Crippen LogP contribution in [0.5, 0.6) is 5.75 Å². The highest BCUT2D eigenvalue weighted by molar-refractivity contribution is 5.94. The summed E-state index contributed by atoms with van der Waals surface area (Å²) in [7, 11) is 1.58. The Kier molecular flexibility index (Phi) is 9.61. The van der Waals surface area contributed by atoms with Crippen molar-refractivity contribution in [2.24, 2.45) is 0 Å². The lowest BCUT2D eigenvalue weighted by Gasteiger charge is -2.19. The van der Waals surface area contributed by atoms with E-state index in [0.717, 1.165) is 28.5 Å². The number of amides is 1. The zero-order chi connectivity index (χ0) is 34.8. The molecule has 0 unspecified atom stereocenters. The van der Waals surface area contributed by atoms with Crippen LogP contribution >= 0.6 is 0 Å². The highest BCUT2D eigenvalue weighted by atomic mass is 19.4. The number of fused-ring (bicyclic) bond motifs is 1. The van der Waals surface area contributed by atoms with Crippen molar-refractivity contribution in [3.63, 3.8) is 0 Å². The molecule has 0 saturated carbocycles. The minimum absolute atomic E-state index is 0.0251. The first-order valence-electron chi connectivity index (χ1n) is 15.3. The highest BCUT2D eigenvalue weighted by Gasteiger charge is 2.32. The molecule has 7 nitrogen and oxygen atoms in total. The Balaban J connectivity index is 1.47. The molecular weight excluding hydrogens is 626 g/mol. The van der Waals surface area contributed by atoms with Gasteiger partial charge in [-0.15, -0.1) is 0 Å². The summed E-state index contributed by atoms with van der Waals surface area (Å²) in [4.78, 5) is 24.7. The van der Waals surface area contributed by atoms with Crippen LogP contribution in [-0.2, 0) is 15.7 Å². The highest BCUT2D eigenvalue weighted by Crippen LogP contribution is 2.37. The molecule has 11 heteroatoms. The van der Waals surface area contributed by atoms with Gasteiger partial charge in [0, 0.05) is 23.2 Å². The molecule has 0 aliphatic carbocycles. The third kappa shape index (κ3) is 7.84. The Labute approximate surface area is 275 Å². The summed E-state index contributed by atoms with van der Waals surface area (Å²) in [5, 5.41) is 9.15. The summed E-state index contributed by atoms with van der Waals surface area (Å²) in [6.45, 7) is 7.26. The van der Waals surface area contributed by atoms with E-state index in [-0.39, 0.29) is 30.1 Å². The number of carbonyl (C=O) groups excluding carboxylic acids is 2. The van der Waals surface area contributed by atoms with Crippen molar-refractivity contribution in [2.75, 3.05) is 13.7 Å². The number of hydrogen-bond donors (Lipinski definition) is 1. The number of esters is 1. The number of carbonyl (C=O) groups is 2. The Bertz CT molecular complexity index is 1960. The van der Waals surface area contributed by atoms with Crippen LogP contribution in [0.15, 0.2) is 84.9 Å². The summed E-state index contributed by atoms with van der Waals surface area (Å²) in [5.41, 5.74) is 0.535. The molecule has 0 spiro atoms. The number of aromatic nitrogens is 2. The van der Waals surface area contributed by atoms with Gasteiger partial charge in [-0.3, -0.25) is 14.3 Å². The predicted molar refractivity (Wildman–Crippen MR) is 175 cm³/mol. The average Bonchev–Trinajstić information content (AvgIpc) is 3.48. The molecule has 0 radical (unpaired) electrons. The number of ether oxygens (including phenoxy) is 2. The molecule has 0 bridgehead atoms. The van der Waals surface area contributed by atoms with E-state index >= 15 is 4.39 Å². The second-order valence-corrected chi connectivity index (χ2v) is 12.4. The number of hydrogen-bond acceptors (Lipinski definition) is 5. The number of nitrogens with zero attached hydrogens (tertiary/aromatic N) is 2. The minimum atomic E-state index is -4.66. The fourth-order valence-electron chi connectivity index (χ4n) is 5.27. The summed E-state index contributed by atoms with van der Waals surface area (Å²) in [6, 6.07) is 21.4. The molecule has 250 valence electrons. The average molecular weight is 662 g/mol. The van der Waals surface area contributed by atoms with E-state index in [9.17, 15) is 22.8 Å². The van der Waals surface area contributed by atoms with Crippen LogP contribution in [0, 0.1) is 5.82 Å². The molecule has 0 aliphatic rings. The third-order valence-electron chi connectivity index (χ3n) is 7.71. The predicted octanol–water partition coefficient (Wildman–Crippen LogP) is 8.61. The number of methoxy groups -OCH3 is 1. The van der Waals surface area contributed by atoms with Gasteiger partial charge < -0.3 is 14.8 Å². The number of nitrogens with one attached hydrogen (secondary N) is 1. The molecule has 1 aromatic heterocycles. The smallest absolute Gasteiger partial charge is 0.416 e. The second-order valence-electron chi connectivity index (χ2n) is 12.4. The van der Waals surface area contributed by atoms with Crippen LogP contribution in [0.2, 0.25) is 0 Å². The van der Waals surface area contributed by atoms with Gasteiger partial charge in [-0.2, -0.15) is 18.3 Å². The van der Waals surface area contributed by atoms with Gasteiger partial charge in [0.05, 0.1) is 36.5 Å². The second kappa shape index (κ2) is 13.5. The molecule has 0 aliphatic heterocycles. The number of alkyl halides is 3. The molecule has 4 aromatic carbocycles. The summed E-state index contributed by atoms with van der Waals surface area (Å²) in [5.74, 6) is -0.930. The van der Waals surface area contributed by atoms with Crippen molar-refractivity contribution in [1.29, 1.82) is 0 Å². The molecule has 1 atom stereocenters. The maximum absolute atomic E-state index is 15.0. The van der Waals surface area contributed by atoms with Crippen LogP contribution in [-0.4, -0.2) is 40.9 Å². The first-order chi connectivity index (χ1) is 22.6. The van der Waals surface area contributed by atoms with Crippen LogP contribution in [0.4, 0.5) is 17.6 Å². The van der Waals surface area contributed by atoms with E-state index in [1.807, 2.05) is 43.3 Å². The Hall–Kier alpha value is -5.19. The number of halogens is 4. The van der Waals surface area contributed by atoms with Gasteiger partial charge in [-0.05, 0) is 98.6 Å². The van der Waals surface area contributed by atoms with Crippen molar-refractivity contribution in [3.05, 3.63) is 107 Å². The van der Waals surface area contributed by atoms with E-state index in [4.69, 9.17) is 9.47 Å². The van der Waals surface area contributed by atoms with Crippen LogP contribution in [0.1, 0.15) is 61.6 Å². The summed E-state index contributed by atoms with van der Waals surface area (Å²) in [6.07, 6.45) is -4.64. The van der Waals surface area contributed by atoms with E-state index in [0.29, 0.717) is 28.6 Å². The zero-order valence-corrected chi connectivity index (χ0v) is 27.1. The first-order valence-corrected chi connectivity index (χ1v) is 15.3. The van der Waals surface area contributed by atoms with E-state index in [1.54, 1.807) is 62.9 Å². The maximum atomic E-state index is 15.0. The van der Waals surface area contributed by atoms with Crippen molar-refractivity contribution in [1.82, 2.24) is 15.1 Å². The lowest BCUT2D eigenvalue weighted by molar-refractivity contribution is -0.154. The Morgan fingerprint density at radius 1 is 0.896 bits per heavy atom. The van der Waals surface area contributed by atoms with Crippen molar-refractivity contribution >= 4 is 22.6 Å². The maximum Gasteiger partial charge on any atom is 0.416 e. The van der Waals surface area contributed by atoms with E-state index in [2.05, 4.69) is 10.4 Å². The number of benzene rings is 4. The van der Waals surface area contributed by atoms with E-state index < -0.39 is 35.2 Å². The summed E-state index contributed by atoms with van der Waals surface area (Å²) < 4.78 is 67.9. The summed E-state index contributed by atoms with van der Waals surface area (Å²) >= 11 is 0. The monoisotopic (exact) mass is 661 g/mol. The van der Waals surface area contributed by atoms with Gasteiger partial charge in [0.1, 0.15) is 17.2 Å². The largest absolute Gasteiger partial charge is 0.497 e. The van der Waals surface area contributed by atoms with Crippen LogP contribution in [0.25, 0.3) is 33.3 Å². The van der Waals surface area contributed by atoms with Gasteiger partial charge in [0.25, 0.3) is 5.91 Å². The topological polar surface area (TPSA) is 82.5 Å². The Morgan fingerprint density at radius 3 is 2.25 bits per heavy atom. The van der Waals surface area contributed by atoms with Crippen LogP contribution in [0.3, 0.4) is 0 Å². The molecule has 0 fully saturated rings. The fourth-order valence-corrected chi connectivity index (χ4v) is 5.27. The molecule has 48 heavy (non-hydrogen) atoms. The molecule has 1 N–H and O–H groups in total. The van der Waals surface area contributed by atoms with Crippen molar-refractivity contribution < 1.29 is 36.6 Å². The molecule has 5 rings (SSSR count). The van der Waals surface area contributed by atoms with Gasteiger partial charge in [-0.25, -0.2) is 4.39 Å². The van der Waals surface area contributed by atoms with Gasteiger partial charge >= 0.3 is 12.1 Å². The fraction of sp³-hybridized carbons (Fsp3) is 0.270. The quantitative estimate of drug-likeness (QED) is 0.126. The van der Waals surface area contributed by atoms with Gasteiger partial charge in [-0.1, -0.05) is 30.3 Å². The lowest BCUT2D eigenvalue weighted by atomic mass is 10.0.